The number of rotatable bonds is 5. The summed E-state index contributed by atoms with van der Waals surface area (Å²) in [7, 11) is 0. The summed E-state index contributed by atoms with van der Waals surface area (Å²) in [6.07, 6.45) is 6.10. The highest BCUT2D eigenvalue weighted by Crippen LogP contribution is 2.55. The normalized spacial score (nSPS) is 19.2. The maximum absolute atomic E-state index is 13.7. The van der Waals surface area contributed by atoms with E-state index in [0.717, 1.165) is 40.7 Å². The van der Waals surface area contributed by atoms with Gasteiger partial charge in [0.1, 0.15) is 17.3 Å². The standard InChI is InChI=1S/C24H24ClFN4OS/c1-15-29-21(22(32-15)16-2-5-18(26)6-3-16)23(31)30-11-10-24(8-9-24)12-19(30)14-28-20-7-4-17(25)13-27-20/h2-7,13,19H,8-12,14H2,1H3,(H,27,28). The Bertz CT molecular complexity index is 1130. The highest BCUT2D eigenvalue weighted by atomic mass is 35.5. The summed E-state index contributed by atoms with van der Waals surface area (Å²) in [5.41, 5.74) is 1.66. The fourth-order valence-electron chi connectivity index (χ4n) is 4.54. The fraction of sp³-hybridized carbons (Fsp3) is 0.375. The zero-order valence-electron chi connectivity index (χ0n) is 17.8. The number of hydrogen-bond donors (Lipinski definition) is 1. The lowest BCUT2D eigenvalue weighted by Crippen LogP contribution is -2.50. The van der Waals surface area contributed by atoms with Crippen molar-refractivity contribution in [3.63, 3.8) is 0 Å². The zero-order valence-corrected chi connectivity index (χ0v) is 19.3. The maximum atomic E-state index is 13.7. The van der Waals surface area contributed by atoms with Gasteiger partial charge in [-0.15, -0.1) is 11.3 Å². The lowest BCUT2D eigenvalue weighted by Gasteiger charge is -2.40. The predicted molar refractivity (Wildman–Crippen MR) is 126 cm³/mol. The van der Waals surface area contributed by atoms with Crippen LogP contribution in [0.15, 0.2) is 42.6 Å². The lowest BCUT2D eigenvalue weighted by molar-refractivity contribution is 0.0541. The van der Waals surface area contributed by atoms with Gasteiger partial charge < -0.3 is 10.2 Å². The number of halogens is 2. The predicted octanol–water partition coefficient (Wildman–Crippen LogP) is 5.80. The molecule has 166 valence electrons. The average molecular weight is 471 g/mol. The molecule has 3 aromatic rings. The molecule has 1 saturated heterocycles. The molecule has 32 heavy (non-hydrogen) atoms. The van der Waals surface area contributed by atoms with Gasteiger partial charge in [0.15, 0.2) is 0 Å². The summed E-state index contributed by atoms with van der Waals surface area (Å²) in [6.45, 7) is 3.24. The quantitative estimate of drug-likeness (QED) is 0.511. The topological polar surface area (TPSA) is 58.1 Å². The van der Waals surface area contributed by atoms with Gasteiger partial charge in [-0.3, -0.25) is 4.79 Å². The molecule has 3 heterocycles. The number of pyridine rings is 1. The summed E-state index contributed by atoms with van der Waals surface area (Å²) in [4.78, 5) is 25.4. The van der Waals surface area contributed by atoms with Crippen molar-refractivity contribution in [3.05, 3.63) is 64.1 Å². The van der Waals surface area contributed by atoms with Crippen molar-refractivity contribution in [3.8, 4) is 10.4 Å². The van der Waals surface area contributed by atoms with Gasteiger partial charge >= 0.3 is 0 Å². The molecule has 1 aromatic carbocycles. The van der Waals surface area contributed by atoms with Crippen molar-refractivity contribution in [2.45, 2.75) is 38.6 Å². The first kappa shape index (κ1) is 21.3. The molecule has 5 rings (SSSR count). The number of amides is 1. The van der Waals surface area contributed by atoms with E-state index in [1.165, 1.54) is 36.3 Å². The first-order valence-electron chi connectivity index (χ1n) is 10.8. The van der Waals surface area contributed by atoms with Gasteiger partial charge in [-0.05, 0) is 67.9 Å². The minimum Gasteiger partial charge on any atom is -0.368 e. The molecule has 2 aromatic heterocycles. The zero-order chi connectivity index (χ0) is 22.3. The minimum absolute atomic E-state index is 0.0549. The van der Waals surface area contributed by atoms with Crippen LogP contribution in [0.5, 0.6) is 0 Å². The van der Waals surface area contributed by atoms with Crippen LogP contribution in [0.3, 0.4) is 0 Å². The second-order valence-corrected chi connectivity index (χ2v) is 10.4. The number of thiazole rings is 1. The first-order valence-corrected chi connectivity index (χ1v) is 12.0. The third kappa shape index (κ3) is 4.36. The van der Waals surface area contributed by atoms with Gasteiger partial charge in [-0.2, -0.15) is 0 Å². The van der Waals surface area contributed by atoms with E-state index >= 15 is 0 Å². The Morgan fingerprint density at radius 2 is 2.03 bits per heavy atom. The van der Waals surface area contributed by atoms with Crippen molar-refractivity contribution < 1.29 is 9.18 Å². The third-order valence-corrected chi connectivity index (χ3v) is 7.74. The molecule has 0 radical (unpaired) electrons. The molecule has 1 atom stereocenters. The summed E-state index contributed by atoms with van der Waals surface area (Å²) < 4.78 is 13.4. The van der Waals surface area contributed by atoms with Crippen LogP contribution >= 0.6 is 22.9 Å². The summed E-state index contributed by atoms with van der Waals surface area (Å²) >= 11 is 7.42. The van der Waals surface area contributed by atoms with Gasteiger partial charge in [-0.1, -0.05) is 23.7 Å². The monoisotopic (exact) mass is 470 g/mol. The molecular weight excluding hydrogens is 447 g/mol. The number of likely N-dealkylation sites (tertiary alicyclic amines) is 1. The van der Waals surface area contributed by atoms with E-state index in [4.69, 9.17) is 11.6 Å². The van der Waals surface area contributed by atoms with Gasteiger partial charge in [0.05, 0.1) is 14.9 Å². The van der Waals surface area contributed by atoms with Crippen LogP contribution in [0.2, 0.25) is 5.02 Å². The van der Waals surface area contributed by atoms with Crippen LogP contribution in [0.25, 0.3) is 10.4 Å². The molecule has 0 bridgehead atoms. The Balaban J connectivity index is 1.40. The Kier molecular flexibility index (Phi) is 5.63. The minimum atomic E-state index is -0.296. The highest BCUT2D eigenvalue weighted by molar-refractivity contribution is 7.15. The largest absolute Gasteiger partial charge is 0.368 e. The molecule has 1 N–H and O–H groups in total. The van der Waals surface area contributed by atoms with E-state index < -0.39 is 0 Å². The number of nitrogens with one attached hydrogen (secondary N) is 1. The summed E-state index contributed by atoms with van der Waals surface area (Å²) in [5.74, 6) is 0.393. The van der Waals surface area contributed by atoms with Crippen LogP contribution in [-0.2, 0) is 0 Å². The van der Waals surface area contributed by atoms with Gasteiger partial charge in [0.2, 0.25) is 0 Å². The SMILES string of the molecule is Cc1nc(C(=O)N2CCC3(CC3)CC2CNc2ccc(Cl)cn2)c(-c2ccc(F)cc2)s1. The van der Waals surface area contributed by atoms with Crippen LogP contribution in [0.1, 0.15) is 41.2 Å². The third-order valence-electron chi connectivity index (χ3n) is 6.50. The molecule has 1 saturated carbocycles. The van der Waals surface area contributed by atoms with Crippen molar-refractivity contribution >= 4 is 34.7 Å². The lowest BCUT2D eigenvalue weighted by atomic mass is 9.87. The Morgan fingerprint density at radius 1 is 1.25 bits per heavy atom. The molecule has 2 fully saturated rings. The molecule has 1 amide bonds. The Labute approximate surface area is 195 Å². The van der Waals surface area contributed by atoms with Crippen molar-refractivity contribution in [1.29, 1.82) is 0 Å². The molecule has 1 unspecified atom stereocenters. The van der Waals surface area contributed by atoms with Gasteiger partial charge in [0, 0.05) is 25.3 Å². The van der Waals surface area contributed by atoms with Crippen LogP contribution < -0.4 is 5.32 Å². The molecule has 1 aliphatic carbocycles. The number of aromatic nitrogens is 2. The molecule has 5 nitrogen and oxygen atoms in total. The van der Waals surface area contributed by atoms with Crippen LogP contribution in [0, 0.1) is 18.2 Å². The number of nitrogens with zero attached hydrogens (tertiary/aromatic N) is 3. The maximum Gasteiger partial charge on any atom is 0.274 e. The summed E-state index contributed by atoms with van der Waals surface area (Å²) in [6, 6.07) is 9.96. The number of benzene rings is 1. The van der Waals surface area contributed by atoms with Crippen LogP contribution in [-0.4, -0.2) is 39.9 Å². The Hall–Kier alpha value is -2.51. The molecule has 8 heteroatoms. The van der Waals surface area contributed by atoms with E-state index in [1.807, 2.05) is 17.9 Å². The van der Waals surface area contributed by atoms with Gasteiger partial charge in [0.25, 0.3) is 5.91 Å². The second-order valence-electron chi connectivity index (χ2n) is 8.77. The molecule has 2 aliphatic rings. The number of aryl methyl sites for hydroxylation is 1. The van der Waals surface area contributed by atoms with Crippen molar-refractivity contribution in [2.75, 3.05) is 18.4 Å². The number of carbonyl (C=O) groups is 1. The van der Waals surface area contributed by atoms with Crippen molar-refractivity contribution in [2.24, 2.45) is 5.41 Å². The number of anilines is 1. The van der Waals surface area contributed by atoms with Gasteiger partial charge in [-0.25, -0.2) is 14.4 Å². The van der Waals surface area contributed by atoms with E-state index in [-0.39, 0.29) is 17.8 Å². The van der Waals surface area contributed by atoms with Crippen LogP contribution in [0.4, 0.5) is 10.2 Å². The Morgan fingerprint density at radius 3 is 2.72 bits per heavy atom. The highest BCUT2D eigenvalue weighted by Gasteiger charge is 2.49. The van der Waals surface area contributed by atoms with E-state index in [9.17, 15) is 9.18 Å². The molecular formula is C24H24ClFN4OS. The number of piperidine rings is 1. The second kappa shape index (κ2) is 8.45. The average Bonchev–Trinajstić information content (AvgIpc) is 3.42. The van der Waals surface area contributed by atoms with E-state index in [0.29, 0.717) is 22.7 Å². The molecule has 1 spiro atoms. The molecule has 1 aliphatic heterocycles. The van der Waals surface area contributed by atoms with E-state index in [1.54, 1.807) is 24.4 Å². The number of carbonyl (C=O) groups excluding carboxylic acids is 1. The smallest absolute Gasteiger partial charge is 0.274 e. The number of hydrogen-bond acceptors (Lipinski definition) is 5. The van der Waals surface area contributed by atoms with Crippen molar-refractivity contribution in [1.82, 2.24) is 14.9 Å². The first-order chi connectivity index (χ1) is 15.4. The fourth-order valence-corrected chi connectivity index (χ4v) is 5.57. The van der Waals surface area contributed by atoms with E-state index in [2.05, 4.69) is 15.3 Å². The summed E-state index contributed by atoms with van der Waals surface area (Å²) in [5, 5.41) is 4.79.